The first-order chi connectivity index (χ1) is 8.49. The minimum absolute atomic E-state index is 0.870. The quantitative estimate of drug-likeness (QED) is 0.530. The van der Waals surface area contributed by atoms with Crippen LogP contribution in [0.15, 0.2) is 0 Å². The highest BCUT2D eigenvalue weighted by Gasteiger charge is 2.36. The van der Waals surface area contributed by atoms with Gasteiger partial charge in [0, 0.05) is 27.4 Å². The first kappa shape index (κ1) is 18.0. The van der Waals surface area contributed by atoms with E-state index in [1.807, 2.05) is 0 Å². The molecule has 0 rings (SSSR count). The highest BCUT2D eigenvalue weighted by Crippen LogP contribution is 2.15. The van der Waals surface area contributed by atoms with Crippen molar-refractivity contribution in [2.24, 2.45) is 0 Å². The van der Waals surface area contributed by atoms with Gasteiger partial charge in [0.2, 0.25) is 0 Å². The molecule has 6 heteroatoms. The van der Waals surface area contributed by atoms with Crippen LogP contribution in [0, 0.1) is 0 Å². The molecule has 0 bridgehead atoms. The standard InChI is InChI=1S/C12H30N2O3Si/c1-13(2)9-7-10-14(3)11-8-12-18(15-4,16-5)17-6/h7-12H2,1-6H3. The molecule has 0 aliphatic heterocycles. The van der Waals surface area contributed by atoms with Gasteiger partial charge in [0.05, 0.1) is 0 Å². The molecule has 0 aliphatic carbocycles. The minimum atomic E-state index is -2.37. The maximum atomic E-state index is 5.40. The smallest absolute Gasteiger partial charge is 0.377 e. The topological polar surface area (TPSA) is 34.2 Å². The molecular formula is C12H30N2O3Si. The van der Waals surface area contributed by atoms with Crippen LogP contribution in [0.2, 0.25) is 6.04 Å². The van der Waals surface area contributed by atoms with Crippen LogP contribution in [0.5, 0.6) is 0 Å². The van der Waals surface area contributed by atoms with E-state index in [0.29, 0.717) is 0 Å². The van der Waals surface area contributed by atoms with Crippen molar-refractivity contribution in [1.82, 2.24) is 9.80 Å². The van der Waals surface area contributed by atoms with Gasteiger partial charge in [-0.1, -0.05) is 0 Å². The van der Waals surface area contributed by atoms with Crippen LogP contribution in [0.25, 0.3) is 0 Å². The Morgan fingerprint density at radius 1 is 0.778 bits per heavy atom. The van der Waals surface area contributed by atoms with E-state index in [1.54, 1.807) is 21.3 Å². The van der Waals surface area contributed by atoms with E-state index in [-0.39, 0.29) is 0 Å². The third-order valence-electron chi connectivity index (χ3n) is 3.10. The summed E-state index contributed by atoms with van der Waals surface area (Å²) >= 11 is 0. The number of rotatable bonds is 11. The van der Waals surface area contributed by atoms with Crippen LogP contribution >= 0.6 is 0 Å². The lowest BCUT2D eigenvalue weighted by atomic mass is 10.3. The van der Waals surface area contributed by atoms with E-state index in [4.69, 9.17) is 13.3 Å². The maximum Gasteiger partial charge on any atom is 0.500 e. The Morgan fingerprint density at radius 2 is 1.28 bits per heavy atom. The van der Waals surface area contributed by atoms with E-state index in [0.717, 1.165) is 32.1 Å². The van der Waals surface area contributed by atoms with Crippen molar-refractivity contribution in [3.8, 4) is 0 Å². The first-order valence-corrected chi connectivity index (χ1v) is 8.41. The summed E-state index contributed by atoms with van der Waals surface area (Å²) in [5, 5.41) is 0. The van der Waals surface area contributed by atoms with E-state index >= 15 is 0 Å². The third kappa shape index (κ3) is 7.45. The Kier molecular flexibility index (Phi) is 9.89. The fourth-order valence-corrected chi connectivity index (χ4v) is 3.59. The second-order valence-electron chi connectivity index (χ2n) is 4.86. The number of hydrogen-bond donors (Lipinski definition) is 0. The van der Waals surface area contributed by atoms with Crippen molar-refractivity contribution in [2.45, 2.75) is 18.9 Å². The van der Waals surface area contributed by atoms with Crippen LogP contribution in [0.4, 0.5) is 0 Å². The van der Waals surface area contributed by atoms with Crippen molar-refractivity contribution in [3.05, 3.63) is 0 Å². The molecule has 0 unspecified atom stereocenters. The van der Waals surface area contributed by atoms with E-state index < -0.39 is 8.80 Å². The molecular weight excluding hydrogens is 248 g/mol. The largest absolute Gasteiger partial charge is 0.500 e. The van der Waals surface area contributed by atoms with Gasteiger partial charge in [-0.3, -0.25) is 0 Å². The molecule has 0 amide bonds. The molecule has 110 valence electrons. The SMILES string of the molecule is CO[Si](CCCN(C)CCCN(C)C)(OC)OC. The molecule has 0 saturated carbocycles. The predicted octanol–water partition coefficient (Wildman–Crippen LogP) is 1.14. The monoisotopic (exact) mass is 278 g/mol. The first-order valence-electron chi connectivity index (χ1n) is 6.48. The lowest BCUT2D eigenvalue weighted by Gasteiger charge is -2.25. The Balaban J connectivity index is 3.75. The second-order valence-corrected chi connectivity index (χ2v) is 7.95. The van der Waals surface area contributed by atoms with Crippen molar-refractivity contribution < 1.29 is 13.3 Å². The molecule has 0 atom stereocenters. The molecule has 0 radical (unpaired) electrons. The predicted molar refractivity (Wildman–Crippen MR) is 76.9 cm³/mol. The van der Waals surface area contributed by atoms with Gasteiger partial charge in [0.15, 0.2) is 0 Å². The summed E-state index contributed by atoms with van der Waals surface area (Å²) in [6.45, 7) is 3.31. The van der Waals surface area contributed by atoms with Crippen LogP contribution in [0.3, 0.4) is 0 Å². The zero-order valence-electron chi connectivity index (χ0n) is 12.9. The molecule has 0 aromatic rings. The van der Waals surface area contributed by atoms with Crippen LogP contribution in [-0.4, -0.2) is 80.7 Å². The summed E-state index contributed by atoms with van der Waals surface area (Å²) in [4.78, 5) is 4.57. The van der Waals surface area contributed by atoms with Gasteiger partial charge in [-0.25, -0.2) is 0 Å². The van der Waals surface area contributed by atoms with E-state index in [9.17, 15) is 0 Å². The lowest BCUT2D eigenvalue weighted by molar-refractivity contribution is 0.121. The summed E-state index contributed by atoms with van der Waals surface area (Å²) in [6.07, 6.45) is 2.24. The highest BCUT2D eigenvalue weighted by molar-refractivity contribution is 6.60. The third-order valence-corrected chi connectivity index (χ3v) is 5.93. The molecule has 0 aromatic heterocycles. The number of hydrogen-bond acceptors (Lipinski definition) is 5. The fourth-order valence-electron chi connectivity index (χ4n) is 1.89. The van der Waals surface area contributed by atoms with Crippen molar-refractivity contribution >= 4 is 8.80 Å². The van der Waals surface area contributed by atoms with Gasteiger partial charge < -0.3 is 23.1 Å². The zero-order valence-corrected chi connectivity index (χ0v) is 13.9. The van der Waals surface area contributed by atoms with Gasteiger partial charge in [-0.05, 0) is 53.6 Å². The Hall–Kier alpha value is 0.0169. The average molecular weight is 278 g/mol. The number of nitrogens with zero attached hydrogens (tertiary/aromatic N) is 2. The lowest BCUT2D eigenvalue weighted by Crippen LogP contribution is -2.43. The maximum absolute atomic E-state index is 5.40. The van der Waals surface area contributed by atoms with E-state index in [2.05, 4.69) is 30.9 Å². The second kappa shape index (κ2) is 9.88. The molecule has 0 saturated heterocycles. The minimum Gasteiger partial charge on any atom is -0.377 e. The van der Waals surface area contributed by atoms with Gasteiger partial charge >= 0.3 is 8.80 Å². The summed E-state index contributed by atoms with van der Waals surface area (Å²) in [7, 11) is 9.00. The normalized spacial score (nSPS) is 12.7. The van der Waals surface area contributed by atoms with Crippen LogP contribution < -0.4 is 0 Å². The molecule has 0 heterocycles. The molecule has 0 aromatic carbocycles. The summed E-state index contributed by atoms with van der Waals surface area (Å²) in [6, 6.07) is 0.870. The molecule has 0 N–H and O–H groups in total. The fraction of sp³-hybridized carbons (Fsp3) is 1.00. The Labute approximate surface area is 113 Å². The van der Waals surface area contributed by atoms with Gasteiger partial charge in [0.1, 0.15) is 0 Å². The van der Waals surface area contributed by atoms with Crippen molar-refractivity contribution in [1.29, 1.82) is 0 Å². The van der Waals surface area contributed by atoms with Crippen LogP contribution in [-0.2, 0) is 13.3 Å². The summed E-state index contributed by atoms with van der Waals surface area (Å²) in [5.41, 5.74) is 0. The molecule has 0 fully saturated rings. The van der Waals surface area contributed by atoms with Crippen molar-refractivity contribution in [2.75, 3.05) is 62.1 Å². The molecule has 18 heavy (non-hydrogen) atoms. The van der Waals surface area contributed by atoms with E-state index in [1.165, 1.54) is 6.42 Å². The Bertz CT molecular complexity index is 193. The summed E-state index contributed by atoms with van der Waals surface area (Å²) in [5.74, 6) is 0. The molecule has 0 aliphatic rings. The van der Waals surface area contributed by atoms with Gasteiger partial charge in [-0.2, -0.15) is 0 Å². The van der Waals surface area contributed by atoms with Gasteiger partial charge in [-0.15, -0.1) is 0 Å². The Morgan fingerprint density at radius 3 is 1.72 bits per heavy atom. The van der Waals surface area contributed by atoms with Crippen molar-refractivity contribution in [3.63, 3.8) is 0 Å². The molecule has 5 nitrogen and oxygen atoms in total. The molecule has 0 spiro atoms. The van der Waals surface area contributed by atoms with Crippen LogP contribution in [0.1, 0.15) is 12.8 Å². The average Bonchev–Trinajstić information content (AvgIpc) is 2.35. The van der Waals surface area contributed by atoms with Gasteiger partial charge in [0.25, 0.3) is 0 Å². The summed E-state index contributed by atoms with van der Waals surface area (Å²) < 4.78 is 16.2. The highest BCUT2D eigenvalue weighted by atomic mass is 28.4. The zero-order chi connectivity index (χ0) is 14.0.